The van der Waals surface area contributed by atoms with Gasteiger partial charge in [0.15, 0.2) is 5.82 Å². The SMILES string of the molecule is NC(=O)[C@@H]1CCN(C(=O)NCc2cccnc2-n2cncn2)C1. The number of carbonyl (C=O) groups is 2. The van der Waals surface area contributed by atoms with E-state index >= 15 is 0 Å². The normalized spacial score (nSPS) is 17.2. The Morgan fingerprint density at radius 2 is 2.30 bits per heavy atom. The van der Waals surface area contributed by atoms with Gasteiger partial charge in [0.1, 0.15) is 12.7 Å². The molecule has 120 valence electrons. The Labute approximate surface area is 132 Å². The van der Waals surface area contributed by atoms with E-state index < -0.39 is 0 Å². The Balaban J connectivity index is 1.63. The number of hydrogen-bond donors (Lipinski definition) is 2. The predicted molar refractivity (Wildman–Crippen MR) is 80.3 cm³/mol. The fraction of sp³-hybridized carbons (Fsp3) is 0.357. The smallest absolute Gasteiger partial charge is 0.317 e. The van der Waals surface area contributed by atoms with Gasteiger partial charge in [0.2, 0.25) is 5.91 Å². The third-order valence-corrected chi connectivity index (χ3v) is 3.81. The molecule has 0 radical (unpaired) electrons. The summed E-state index contributed by atoms with van der Waals surface area (Å²) in [5.41, 5.74) is 6.09. The zero-order valence-electron chi connectivity index (χ0n) is 12.4. The summed E-state index contributed by atoms with van der Waals surface area (Å²) in [6.45, 7) is 1.20. The van der Waals surface area contributed by atoms with Crippen LogP contribution >= 0.6 is 0 Å². The highest BCUT2D eigenvalue weighted by molar-refractivity contribution is 5.80. The number of nitrogens with zero attached hydrogens (tertiary/aromatic N) is 5. The van der Waals surface area contributed by atoms with Gasteiger partial charge < -0.3 is 16.0 Å². The summed E-state index contributed by atoms with van der Waals surface area (Å²) in [5.74, 6) is -0.00684. The number of carbonyl (C=O) groups excluding carboxylic acids is 2. The predicted octanol–water partition coefficient (Wildman–Crippen LogP) is -0.321. The number of urea groups is 1. The quantitative estimate of drug-likeness (QED) is 0.801. The van der Waals surface area contributed by atoms with Gasteiger partial charge in [-0.2, -0.15) is 5.10 Å². The second-order valence-corrected chi connectivity index (χ2v) is 5.32. The standard InChI is InChI=1S/C14H17N7O2/c15-12(22)11-3-5-20(7-11)14(23)18-6-10-2-1-4-17-13(10)21-9-16-8-19-21/h1-2,4,8-9,11H,3,5-7H2,(H2,15,22)(H,18,23)/t11-/m1/s1. The van der Waals surface area contributed by atoms with E-state index in [1.54, 1.807) is 28.2 Å². The minimum absolute atomic E-state index is 0.220. The van der Waals surface area contributed by atoms with Crippen LogP contribution in [-0.2, 0) is 11.3 Å². The molecule has 0 unspecified atom stereocenters. The number of amides is 3. The molecule has 0 saturated carbocycles. The Morgan fingerprint density at radius 1 is 1.43 bits per heavy atom. The second kappa shape index (κ2) is 6.42. The van der Waals surface area contributed by atoms with Gasteiger partial charge in [0.25, 0.3) is 0 Å². The van der Waals surface area contributed by atoms with E-state index in [0.29, 0.717) is 31.9 Å². The Morgan fingerprint density at radius 3 is 3.00 bits per heavy atom. The molecule has 0 aliphatic carbocycles. The molecule has 9 nitrogen and oxygen atoms in total. The summed E-state index contributed by atoms with van der Waals surface area (Å²) >= 11 is 0. The summed E-state index contributed by atoms with van der Waals surface area (Å²) in [4.78, 5) is 33.1. The second-order valence-electron chi connectivity index (χ2n) is 5.32. The number of pyridine rings is 1. The summed E-state index contributed by atoms with van der Waals surface area (Å²) in [6, 6.07) is 3.43. The topological polar surface area (TPSA) is 119 Å². The van der Waals surface area contributed by atoms with Gasteiger partial charge in [-0.05, 0) is 12.5 Å². The third-order valence-electron chi connectivity index (χ3n) is 3.81. The number of hydrogen-bond acceptors (Lipinski definition) is 5. The van der Waals surface area contributed by atoms with E-state index in [9.17, 15) is 9.59 Å². The molecule has 2 aromatic heterocycles. The van der Waals surface area contributed by atoms with Gasteiger partial charge in [0.05, 0.1) is 5.92 Å². The molecule has 0 spiro atoms. The molecule has 3 N–H and O–H groups in total. The van der Waals surface area contributed by atoms with Crippen LogP contribution in [0.15, 0.2) is 31.0 Å². The Bertz CT molecular complexity index is 701. The molecule has 23 heavy (non-hydrogen) atoms. The first-order chi connectivity index (χ1) is 11.1. The van der Waals surface area contributed by atoms with Crippen LogP contribution < -0.4 is 11.1 Å². The maximum atomic E-state index is 12.2. The van der Waals surface area contributed by atoms with Gasteiger partial charge >= 0.3 is 6.03 Å². The minimum Gasteiger partial charge on any atom is -0.369 e. The summed E-state index contributed by atoms with van der Waals surface area (Å²) in [6.07, 6.45) is 5.23. The molecule has 3 amide bonds. The first-order valence-electron chi connectivity index (χ1n) is 7.26. The van der Waals surface area contributed by atoms with Gasteiger partial charge in [0, 0.05) is 31.4 Å². The fourth-order valence-electron chi connectivity index (χ4n) is 2.55. The fourth-order valence-corrected chi connectivity index (χ4v) is 2.55. The summed E-state index contributed by atoms with van der Waals surface area (Å²) in [7, 11) is 0. The average Bonchev–Trinajstić information content (AvgIpc) is 3.24. The summed E-state index contributed by atoms with van der Waals surface area (Å²) < 4.78 is 1.54. The maximum Gasteiger partial charge on any atom is 0.317 e. The number of aromatic nitrogens is 4. The van der Waals surface area contributed by atoms with Gasteiger partial charge in [-0.25, -0.2) is 19.4 Å². The average molecular weight is 315 g/mol. The van der Waals surface area contributed by atoms with Gasteiger partial charge in [-0.3, -0.25) is 4.79 Å². The lowest BCUT2D eigenvalue weighted by Gasteiger charge is -2.17. The van der Waals surface area contributed by atoms with Crippen LogP contribution in [0.5, 0.6) is 0 Å². The number of nitrogens with one attached hydrogen (secondary N) is 1. The van der Waals surface area contributed by atoms with E-state index in [1.165, 1.54) is 6.33 Å². The van der Waals surface area contributed by atoms with Crippen molar-refractivity contribution < 1.29 is 9.59 Å². The van der Waals surface area contributed by atoms with E-state index in [4.69, 9.17) is 5.73 Å². The van der Waals surface area contributed by atoms with Crippen molar-refractivity contribution in [1.82, 2.24) is 30.0 Å². The number of likely N-dealkylation sites (tertiary alicyclic amines) is 1. The Hall–Kier alpha value is -2.97. The van der Waals surface area contributed by atoms with Gasteiger partial charge in [-0.15, -0.1) is 0 Å². The van der Waals surface area contributed by atoms with Crippen LogP contribution in [-0.4, -0.2) is 49.7 Å². The number of rotatable bonds is 4. The lowest BCUT2D eigenvalue weighted by Crippen LogP contribution is -2.39. The lowest BCUT2D eigenvalue weighted by molar-refractivity contribution is -0.121. The summed E-state index contributed by atoms with van der Waals surface area (Å²) in [5, 5.41) is 6.89. The van der Waals surface area contributed by atoms with Crippen LogP contribution in [0.4, 0.5) is 4.79 Å². The van der Waals surface area contributed by atoms with Gasteiger partial charge in [-0.1, -0.05) is 6.07 Å². The minimum atomic E-state index is -0.360. The Kier molecular flexibility index (Phi) is 4.18. The van der Waals surface area contributed by atoms with Crippen molar-refractivity contribution in [3.63, 3.8) is 0 Å². The van der Waals surface area contributed by atoms with Crippen molar-refractivity contribution >= 4 is 11.9 Å². The monoisotopic (exact) mass is 315 g/mol. The first-order valence-corrected chi connectivity index (χ1v) is 7.26. The van der Waals surface area contributed by atoms with Crippen LogP contribution in [0.3, 0.4) is 0 Å². The van der Waals surface area contributed by atoms with E-state index in [1.807, 2.05) is 6.07 Å². The molecule has 1 fully saturated rings. The number of primary amides is 1. The van der Waals surface area contributed by atoms with E-state index in [2.05, 4.69) is 20.4 Å². The number of nitrogens with two attached hydrogens (primary N) is 1. The van der Waals surface area contributed by atoms with Crippen molar-refractivity contribution in [3.8, 4) is 5.82 Å². The maximum absolute atomic E-state index is 12.2. The van der Waals surface area contributed by atoms with Crippen LogP contribution in [0, 0.1) is 5.92 Å². The van der Waals surface area contributed by atoms with Crippen LogP contribution in [0.1, 0.15) is 12.0 Å². The van der Waals surface area contributed by atoms with Crippen LogP contribution in [0.2, 0.25) is 0 Å². The van der Waals surface area contributed by atoms with Crippen molar-refractivity contribution in [2.24, 2.45) is 11.7 Å². The van der Waals surface area contributed by atoms with Crippen molar-refractivity contribution in [1.29, 1.82) is 0 Å². The molecule has 9 heteroatoms. The molecular formula is C14H17N7O2. The molecule has 2 aromatic rings. The highest BCUT2D eigenvalue weighted by Gasteiger charge is 2.29. The van der Waals surface area contributed by atoms with Crippen molar-refractivity contribution in [3.05, 3.63) is 36.5 Å². The molecule has 1 aliphatic rings. The van der Waals surface area contributed by atoms with Crippen molar-refractivity contribution in [2.75, 3.05) is 13.1 Å². The van der Waals surface area contributed by atoms with Crippen molar-refractivity contribution in [2.45, 2.75) is 13.0 Å². The molecule has 3 heterocycles. The molecule has 3 rings (SSSR count). The molecule has 0 bridgehead atoms. The molecule has 1 saturated heterocycles. The molecule has 1 aliphatic heterocycles. The third kappa shape index (κ3) is 3.28. The zero-order chi connectivity index (χ0) is 16.2. The molecule has 0 aromatic carbocycles. The zero-order valence-corrected chi connectivity index (χ0v) is 12.4. The highest BCUT2D eigenvalue weighted by atomic mass is 16.2. The van der Waals surface area contributed by atoms with E-state index in [0.717, 1.165) is 5.56 Å². The molecular weight excluding hydrogens is 298 g/mol. The first kappa shape index (κ1) is 14.9. The van der Waals surface area contributed by atoms with Crippen LogP contribution in [0.25, 0.3) is 5.82 Å². The van der Waals surface area contributed by atoms with E-state index in [-0.39, 0.29) is 17.9 Å². The molecule has 1 atom stereocenters. The largest absolute Gasteiger partial charge is 0.369 e. The lowest BCUT2D eigenvalue weighted by atomic mass is 10.1. The highest BCUT2D eigenvalue weighted by Crippen LogP contribution is 2.16.